The number of H-pyrrole nitrogens is 1. The molecule has 2 aliphatic heterocycles. The molecule has 1 fully saturated rings. The molecule has 0 radical (unpaired) electrons. The normalized spacial score (nSPS) is 17.0. The Morgan fingerprint density at radius 3 is 2.66 bits per heavy atom. The highest BCUT2D eigenvalue weighted by Crippen LogP contribution is 2.29. The fourth-order valence-corrected chi connectivity index (χ4v) is 4.15. The number of hydrogen-bond donors (Lipinski definition) is 1. The van der Waals surface area contributed by atoms with Crippen LogP contribution in [-0.4, -0.2) is 81.7 Å². The number of anilines is 1. The molecule has 0 aliphatic carbocycles. The SMILES string of the molecule is COCCOc1cc(CN2CCc3nc(N4CCOCC4)[nH]c(=O)c3CC2)ccc1OC. The van der Waals surface area contributed by atoms with Gasteiger partial charge in [-0.25, -0.2) is 4.98 Å². The van der Waals surface area contributed by atoms with Crippen molar-refractivity contribution in [3.63, 3.8) is 0 Å². The minimum atomic E-state index is -0.0170. The zero-order valence-electron chi connectivity index (χ0n) is 18.9. The van der Waals surface area contributed by atoms with Crippen LogP contribution in [0.5, 0.6) is 11.5 Å². The number of aromatic nitrogens is 2. The monoisotopic (exact) mass is 444 g/mol. The lowest BCUT2D eigenvalue weighted by molar-refractivity contribution is 0.122. The molecule has 32 heavy (non-hydrogen) atoms. The number of benzene rings is 1. The average molecular weight is 445 g/mol. The van der Waals surface area contributed by atoms with E-state index >= 15 is 0 Å². The second-order valence-corrected chi connectivity index (χ2v) is 8.02. The van der Waals surface area contributed by atoms with Crippen molar-refractivity contribution < 1.29 is 18.9 Å². The molecule has 0 spiro atoms. The van der Waals surface area contributed by atoms with E-state index < -0.39 is 0 Å². The third kappa shape index (κ3) is 5.40. The van der Waals surface area contributed by atoms with Gasteiger partial charge >= 0.3 is 0 Å². The molecule has 0 saturated carbocycles. The third-order valence-corrected chi connectivity index (χ3v) is 5.92. The molecule has 0 bridgehead atoms. The summed E-state index contributed by atoms with van der Waals surface area (Å²) in [6.45, 7) is 6.23. The molecule has 1 N–H and O–H groups in total. The smallest absolute Gasteiger partial charge is 0.255 e. The number of nitrogens with zero attached hydrogens (tertiary/aromatic N) is 3. The first kappa shape index (κ1) is 22.6. The van der Waals surface area contributed by atoms with E-state index in [9.17, 15) is 4.79 Å². The highest BCUT2D eigenvalue weighted by molar-refractivity contribution is 5.43. The summed E-state index contributed by atoms with van der Waals surface area (Å²) in [6.07, 6.45) is 1.44. The molecule has 2 aromatic rings. The van der Waals surface area contributed by atoms with Crippen LogP contribution >= 0.6 is 0 Å². The van der Waals surface area contributed by atoms with Crippen LogP contribution in [-0.2, 0) is 28.9 Å². The summed E-state index contributed by atoms with van der Waals surface area (Å²) in [4.78, 5) is 25.0. The van der Waals surface area contributed by atoms with Gasteiger partial charge in [0.1, 0.15) is 6.61 Å². The summed E-state index contributed by atoms with van der Waals surface area (Å²) in [5.74, 6) is 2.09. The number of aromatic amines is 1. The predicted octanol–water partition coefficient (Wildman–Crippen LogP) is 1.24. The van der Waals surface area contributed by atoms with Gasteiger partial charge in [-0.3, -0.25) is 14.7 Å². The van der Waals surface area contributed by atoms with Crippen molar-refractivity contribution in [2.75, 3.05) is 71.7 Å². The van der Waals surface area contributed by atoms with Gasteiger partial charge in [-0.05, 0) is 24.1 Å². The Balaban J connectivity index is 1.44. The summed E-state index contributed by atoms with van der Waals surface area (Å²) < 4.78 is 21.7. The van der Waals surface area contributed by atoms with E-state index in [1.807, 2.05) is 12.1 Å². The first-order chi connectivity index (χ1) is 15.7. The molecule has 174 valence electrons. The third-order valence-electron chi connectivity index (χ3n) is 5.92. The van der Waals surface area contributed by atoms with Gasteiger partial charge in [0.25, 0.3) is 5.56 Å². The van der Waals surface area contributed by atoms with E-state index in [0.717, 1.165) is 56.0 Å². The van der Waals surface area contributed by atoms with Gasteiger partial charge < -0.3 is 23.8 Å². The molecular formula is C23H32N4O5. The zero-order chi connectivity index (χ0) is 22.3. The second kappa shape index (κ2) is 10.8. The van der Waals surface area contributed by atoms with Crippen LogP contribution in [0.25, 0.3) is 0 Å². The Hall–Kier alpha value is -2.62. The molecule has 0 unspecified atom stereocenters. The molecule has 3 heterocycles. The average Bonchev–Trinajstić information content (AvgIpc) is 3.03. The van der Waals surface area contributed by atoms with Crippen LogP contribution in [0.2, 0.25) is 0 Å². The highest BCUT2D eigenvalue weighted by Gasteiger charge is 2.21. The maximum absolute atomic E-state index is 12.8. The van der Waals surface area contributed by atoms with Gasteiger partial charge in [-0.1, -0.05) is 6.07 Å². The van der Waals surface area contributed by atoms with Crippen molar-refractivity contribution in [2.24, 2.45) is 0 Å². The predicted molar refractivity (Wildman–Crippen MR) is 121 cm³/mol. The molecule has 1 saturated heterocycles. The molecule has 2 aliphatic rings. The van der Waals surface area contributed by atoms with E-state index in [0.29, 0.717) is 50.3 Å². The van der Waals surface area contributed by atoms with Crippen LogP contribution in [0.4, 0.5) is 5.95 Å². The van der Waals surface area contributed by atoms with E-state index in [-0.39, 0.29) is 5.56 Å². The van der Waals surface area contributed by atoms with Crippen molar-refractivity contribution in [1.29, 1.82) is 0 Å². The lowest BCUT2D eigenvalue weighted by Crippen LogP contribution is -2.38. The number of ether oxygens (including phenoxy) is 4. The molecular weight excluding hydrogens is 412 g/mol. The van der Waals surface area contributed by atoms with Crippen molar-refractivity contribution in [3.05, 3.63) is 45.4 Å². The Morgan fingerprint density at radius 2 is 1.88 bits per heavy atom. The van der Waals surface area contributed by atoms with Crippen LogP contribution < -0.4 is 19.9 Å². The largest absolute Gasteiger partial charge is 0.493 e. The van der Waals surface area contributed by atoms with Crippen molar-refractivity contribution in [1.82, 2.24) is 14.9 Å². The molecule has 1 aromatic carbocycles. The minimum absolute atomic E-state index is 0.0170. The maximum atomic E-state index is 12.8. The van der Waals surface area contributed by atoms with Gasteiger partial charge in [-0.15, -0.1) is 0 Å². The molecule has 0 atom stereocenters. The first-order valence-electron chi connectivity index (χ1n) is 11.1. The van der Waals surface area contributed by atoms with Gasteiger partial charge in [-0.2, -0.15) is 0 Å². The van der Waals surface area contributed by atoms with Crippen molar-refractivity contribution in [3.8, 4) is 11.5 Å². The minimum Gasteiger partial charge on any atom is -0.493 e. The van der Waals surface area contributed by atoms with Crippen molar-refractivity contribution >= 4 is 5.95 Å². The second-order valence-electron chi connectivity index (χ2n) is 8.02. The molecule has 4 rings (SSSR count). The number of nitrogens with one attached hydrogen (secondary N) is 1. The van der Waals surface area contributed by atoms with Gasteiger partial charge in [0, 0.05) is 51.8 Å². The zero-order valence-corrected chi connectivity index (χ0v) is 18.9. The fraction of sp³-hybridized carbons (Fsp3) is 0.565. The highest BCUT2D eigenvalue weighted by atomic mass is 16.5. The number of rotatable bonds is 8. The van der Waals surface area contributed by atoms with E-state index in [1.165, 1.54) is 0 Å². The molecule has 9 heteroatoms. The van der Waals surface area contributed by atoms with E-state index in [2.05, 4.69) is 20.9 Å². The Kier molecular flexibility index (Phi) is 7.62. The number of methoxy groups -OCH3 is 2. The summed E-state index contributed by atoms with van der Waals surface area (Å²) in [7, 11) is 3.29. The van der Waals surface area contributed by atoms with Gasteiger partial charge in [0.2, 0.25) is 5.95 Å². The maximum Gasteiger partial charge on any atom is 0.255 e. The number of fused-ring (bicyclic) bond motifs is 1. The fourth-order valence-electron chi connectivity index (χ4n) is 4.15. The van der Waals surface area contributed by atoms with Crippen LogP contribution in [0.3, 0.4) is 0 Å². The molecule has 1 aromatic heterocycles. The summed E-state index contributed by atoms with van der Waals surface area (Å²) >= 11 is 0. The topological polar surface area (TPSA) is 89.2 Å². The van der Waals surface area contributed by atoms with E-state index in [4.69, 9.17) is 23.9 Å². The molecule has 9 nitrogen and oxygen atoms in total. The number of hydrogen-bond acceptors (Lipinski definition) is 8. The van der Waals surface area contributed by atoms with Crippen LogP contribution in [0.1, 0.15) is 16.8 Å². The summed E-state index contributed by atoms with van der Waals surface area (Å²) in [5, 5.41) is 0. The Morgan fingerprint density at radius 1 is 1.06 bits per heavy atom. The van der Waals surface area contributed by atoms with Gasteiger partial charge in [0.15, 0.2) is 11.5 Å². The lowest BCUT2D eigenvalue weighted by Gasteiger charge is -2.27. The molecule has 0 amide bonds. The quantitative estimate of drug-likeness (QED) is 0.609. The van der Waals surface area contributed by atoms with Crippen LogP contribution in [0, 0.1) is 0 Å². The Labute approximate surface area is 188 Å². The number of morpholine rings is 1. The Bertz CT molecular complexity index is 958. The van der Waals surface area contributed by atoms with Crippen molar-refractivity contribution in [2.45, 2.75) is 19.4 Å². The van der Waals surface area contributed by atoms with E-state index in [1.54, 1.807) is 14.2 Å². The van der Waals surface area contributed by atoms with Gasteiger partial charge in [0.05, 0.1) is 32.6 Å². The first-order valence-corrected chi connectivity index (χ1v) is 11.1. The summed E-state index contributed by atoms with van der Waals surface area (Å²) in [5.41, 5.74) is 2.84. The standard InChI is InChI=1S/C23H32N4O5/c1-29-13-14-32-21-15-17(3-4-20(21)30-2)16-26-7-5-18-19(6-8-26)24-23(25-22(18)28)27-9-11-31-12-10-27/h3-4,15H,5-14,16H2,1-2H3,(H,24,25,28). The lowest BCUT2D eigenvalue weighted by atomic mass is 10.1. The van der Waals surface area contributed by atoms with Crippen LogP contribution in [0.15, 0.2) is 23.0 Å². The summed E-state index contributed by atoms with van der Waals surface area (Å²) in [6, 6.07) is 6.01.